The van der Waals surface area contributed by atoms with Gasteiger partial charge in [0.25, 0.3) is 0 Å². The van der Waals surface area contributed by atoms with Gasteiger partial charge in [0.05, 0.1) is 0 Å². The van der Waals surface area contributed by atoms with Crippen LogP contribution in [0, 0.1) is 6.92 Å². The summed E-state index contributed by atoms with van der Waals surface area (Å²) < 4.78 is 5.07. The van der Waals surface area contributed by atoms with Crippen molar-refractivity contribution in [2.75, 3.05) is 26.2 Å². The number of aliphatic imine (C=N–C) groups is 1. The minimum atomic E-state index is 0.401. The molecule has 1 aromatic heterocycles. The van der Waals surface area contributed by atoms with Crippen molar-refractivity contribution < 1.29 is 4.52 Å². The molecule has 0 radical (unpaired) electrons. The molecule has 7 heteroatoms. The molecule has 0 saturated carbocycles. The minimum absolute atomic E-state index is 0.401. The number of hydrogen-bond donors (Lipinski definition) is 2. The second-order valence-corrected chi connectivity index (χ2v) is 5.24. The quantitative estimate of drug-likeness (QED) is 0.600. The Bertz CT molecular complexity index is 458. The third-order valence-electron chi connectivity index (χ3n) is 3.70. The summed E-state index contributed by atoms with van der Waals surface area (Å²) >= 11 is 0. The van der Waals surface area contributed by atoms with E-state index in [9.17, 15) is 0 Å². The van der Waals surface area contributed by atoms with Gasteiger partial charge in [-0.25, -0.2) is 4.99 Å². The first-order valence-electron chi connectivity index (χ1n) is 7.78. The molecule has 1 aliphatic heterocycles. The molecule has 0 spiro atoms. The van der Waals surface area contributed by atoms with Gasteiger partial charge in [0.15, 0.2) is 11.8 Å². The summed E-state index contributed by atoms with van der Waals surface area (Å²) in [5.74, 6) is 1.99. The van der Waals surface area contributed by atoms with Crippen LogP contribution in [0.25, 0.3) is 0 Å². The van der Waals surface area contributed by atoms with Crippen molar-refractivity contribution in [2.45, 2.75) is 46.2 Å². The lowest BCUT2D eigenvalue weighted by atomic mass is 10.2. The molecule has 2 N–H and O–H groups in total. The van der Waals surface area contributed by atoms with E-state index in [-0.39, 0.29) is 0 Å². The van der Waals surface area contributed by atoms with Gasteiger partial charge in [-0.05, 0) is 39.8 Å². The van der Waals surface area contributed by atoms with Crippen LogP contribution in [0.3, 0.4) is 0 Å². The number of guanidine groups is 1. The summed E-state index contributed by atoms with van der Waals surface area (Å²) in [5.41, 5.74) is 0. The van der Waals surface area contributed by atoms with Crippen molar-refractivity contribution in [3.63, 3.8) is 0 Å². The number of hydrogen-bond acceptors (Lipinski definition) is 5. The van der Waals surface area contributed by atoms with Crippen molar-refractivity contribution in [3.8, 4) is 0 Å². The van der Waals surface area contributed by atoms with Gasteiger partial charge in [-0.3, -0.25) is 4.90 Å². The van der Waals surface area contributed by atoms with Crippen LogP contribution in [-0.4, -0.2) is 53.2 Å². The molecular weight excluding hydrogens is 268 g/mol. The normalized spacial score (nSPS) is 20.0. The molecule has 2 heterocycles. The average molecular weight is 294 g/mol. The Morgan fingerprint density at radius 1 is 1.43 bits per heavy atom. The Morgan fingerprint density at radius 3 is 2.95 bits per heavy atom. The van der Waals surface area contributed by atoms with E-state index in [0.717, 1.165) is 25.6 Å². The van der Waals surface area contributed by atoms with Gasteiger partial charge < -0.3 is 15.2 Å². The molecule has 21 heavy (non-hydrogen) atoms. The third kappa shape index (κ3) is 4.70. The molecule has 2 rings (SSSR count). The smallest absolute Gasteiger partial charge is 0.248 e. The highest BCUT2D eigenvalue weighted by molar-refractivity contribution is 5.79. The Kier molecular flexibility index (Phi) is 5.98. The lowest BCUT2D eigenvalue weighted by molar-refractivity contribution is 0.267. The second-order valence-electron chi connectivity index (χ2n) is 5.24. The first kappa shape index (κ1) is 15.8. The van der Waals surface area contributed by atoms with E-state index >= 15 is 0 Å². The molecule has 1 saturated heterocycles. The fraction of sp³-hybridized carbons (Fsp3) is 0.786. The molecule has 0 amide bonds. The topological polar surface area (TPSA) is 78.6 Å². The number of likely N-dealkylation sites (N-methyl/N-ethyl adjacent to an activating group) is 1. The third-order valence-corrected chi connectivity index (χ3v) is 3.70. The zero-order valence-corrected chi connectivity index (χ0v) is 13.2. The highest BCUT2D eigenvalue weighted by Crippen LogP contribution is 2.15. The summed E-state index contributed by atoms with van der Waals surface area (Å²) in [4.78, 5) is 11.2. The van der Waals surface area contributed by atoms with Gasteiger partial charge in [-0.1, -0.05) is 12.1 Å². The van der Waals surface area contributed by atoms with Crippen LogP contribution >= 0.6 is 0 Å². The Balaban J connectivity index is 1.86. The molecule has 1 atom stereocenters. The summed E-state index contributed by atoms with van der Waals surface area (Å²) in [6.45, 7) is 10.5. The lowest BCUT2D eigenvalue weighted by Crippen LogP contribution is -2.44. The van der Waals surface area contributed by atoms with Gasteiger partial charge in [-0.2, -0.15) is 4.98 Å². The number of rotatable bonds is 6. The van der Waals surface area contributed by atoms with Crippen LogP contribution in [0.4, 0.5) is 0 Å². The van der Waals surface area contributed by atoms with Gasteiger partial charge in [0.2, 0.25) is 5.89 Å². The zero-order chi connectivity index (χ0) is 15.1. The van der Waals surface area contributed by atoms with Crippen molar-refractivity contribution in [1.82, 2.24) is 25.7 Å². The van der Waals surface area contributed by atoms with Crippen LogP contribution in [0.15, 0.2) is 9.52 Å². The summed E-state index contributed by atoms with van der Waals surface area (Å²) in [6.07, 6.45) is 2.54. The summed E-state index contributed by atoms with van der Waals surface area (Å²) in [7, 11) is 0. The van der Waals surface area contributed by atoms with Crippen LogP contribution in [0.1, 0.15) is 38.4 Å². The zero-order valence-electron chi connectivity index (χ0n) is 13.2. The highest BCUT2D eigenvalue weighted by atomic mass is 16.5. The highest BCUT2D eigenvalue weighted by Gasteiger charge is 2.22. The minimum Gasteiger partial charge on any atom is -0.357 e. The first-order chi connectivity index (χ1) is 10.2. The van der Waals surface area contributed by atoms with Crippen LogP contribution in [0.2, 0.25) is 0 Å². The molecule has 1 fully saturated rings. The van der Waals surface area contributed by atoms with Crippen LogP contribution < -0.4 is 10.6 Å². The molecule has 1 aromatic rings. The first-order valence-corrected chi connectivity index (χ1v) is 7.78. The van der Waals surface area contributed by atoms with Crippen molar-refractivity contribution in [2.24, 2.45) is 4.99 Å². The predicted molar refractivity (Wildman–Crippen MR) is 82.1 cm³/mol. The molecule has 0 aliphatic carbocycles. The second kappa shape index (κ2) is 7.97. The Morgan fingerprint density at radius 2 is 2.29 bits per heavy atom. The fourth-order valence-corrected chi connectivity index (χ4v) is 2.65. The number of nitrogens with one attached hydrogen (secondary N) is 2. The van der Waals surface area contributed by atoms with E-state index < -0.39 is 0 Å². The molecule has 7 nitrogen and oxygen atoms in total. The van der Waals surface area contributed by atoms with Crippen molar-refractivity contribution in [3.05, 3.63) is 11.7 Å². The molecule has 1 unspecified atom stereocenters. The number of aromatic nitrogens is 2. The maximum atomic E-state index is 5.07. The summed E-state index contributed by atoms with van der Waals surface area (Å²) in [5, 5.41) is 10.4. The van der Waals surface area contributed by atoms with E-state index in [1.807, 2.05) is 0 Å². The molecule has 0 aromatic carbocycles. The standard InChI is InChI=1S/C14H26N6O/c1-4-15-14(17-10-13-18-11(3)19-21-13)16-9-12-7-6-8-20(12)5-2/h12H,4-10H2,1-3H3,(H2,15,16,17). The summed E-state index contributed by atoms with van der Waals surface area (Å²) in [6, 6.07) is 0.601. The number of likely N-dealkylation sites (tertiary alicyclic amines) is 1. The average Bonchev–Trinajstić information content (AvgIpc) is 3.10. The predicted octanol–water partition coefficient (Wildman–Crippen LogP) is 0.917. The molecular formula is C14H26N6O. The van der Waals surface area contributed by atoms with E-state index in [1.54, 1.807) is 6.92 Å². The van der Waals surface area contributed by atoms with Crippen LogP contribution in [-0.2, 0) is 6.54 Å². The van der Waals surface area contributed by atoms with Gasteiger partial charge in [0, 0.05) is 19.1 Å². The van der Waals surface area contributed by atoms with Gasteiger partial charge in [-0.15, -0.1) is 0 Å². The Labute approximate surface area is 126 Å². The monoisotopic (exact) mass is 294 g/mol. The van der Waals surface area contributed by atoms with Crippen molar-refractivity contribution in [1.29, 1.82) is 0 Å². The maximum Gasteiger partial charge on any atom is 0.248 e. The van der Waals surface area contributed by atoms with Crippen LogP contribution in [0.5, 0.6) is 0 Å². The number of nitrogens with zero attached hydrogens (tertiary/aromatic N) is 4. The molecule has 0 bridgehead atoms. The van der Waals surface area contributed by atoms with Crippen molar-refractivity contribution >= 4 is 5.96 Å². The number of aryl methyl sites for hydroxylation is 1. The lowest BCUT2D eigenvalue weighted by Gasteiger charge is -2.23. The van der Waals surface area contributed by atoms with E-state index in [1.165, 1.54) is 19.4 Å². The van der Waals surface area contributed by atoms with Gasteiger partial charge in [0.1, 0.15) is 6.54 Å². The maximum absolute atomic E-state index is 5.07. The van der Waals surface area contributed by atoms with Gasteiger partial charge >= 0.3 is 0 Å². The van der Waals surface area contributed by atoms with E-state index in [0.29, 0.717) is 24.3 Å². The fourth-order valence-electron chi connectivity index (χ4n) is 2.65. The Hall–Kier alpha value is -1.63. The largest absolute Gasteiger partial charge is 0.357 e. The SMILES string of the molecule is CCNC(=NCc1nc(C)no1)NCC1CCCN1CC. The molecule has 1 aliphatic rings. The van der Waals surface area contributed by atoms with E-state index in [2.05, 4.69) is 44.5 Å². The molecule has 118 valence electrons. The van der Waals surface area contributed by atoms with E-state index in [4.69, 9.17) is 4.52 Å².